The first-order valence-corrected chi connectivity index (χ1v) is 6.82. The van der Waals surface area contributed by atoms with Crippen molar-refractivity contribution in [1.82, 2.24) is 10.2 Å². The second-order valence-electron chi connectivity index (χ2n) is 5.08. The number of nitrogens with zero attached hydrogens (tertiary/aromatic N) is 1. The Hall–Kier alpha value is -1.26. The van der Waals surface area contributed by atoms with Crippen LogP contribution in [0.25, 0.3) is 0 Å². The molecule has 0 aromatic carbocycles. The molecule has 104 valence electrons. The highest BCUT2D eigenvalue weighted by molar-refractivity contribution is 5.82. The summed E-state index contributed by atoms with van der Waals surface area (Å²) in [4.78, 5) is 24.3. The molecule has 2 N–H and O–H groups in total. The Balaban J connectivity index is 2.42. The molecule has 1 unspecified atom stereocenters. The maximum atomic E-state index is 11.9. The molecule has 0 spiro atoms. The van der Waals surface area contributed by atoms with E-state index >= 15 is 0 Å². The van der Waals surface area contributed by atoms with E-state index in [0.717, 1.165) is 25.9 Å². The van der Waals surface area contributed by atoms with Crippen LogP contribution in [0, 0.1) is 5.92 Å². The first-order chi connectivity index (χ1) is 8.54. The minimum Gasteiger partial charge on any atom is -0.480 e. The number of nitrogens with one attached hydrogen (secondary N) is 1. The number of aliphatic carboxylic acids is 1. The van der Waals surface area contributed by atoms with Crippen LogP contribution in [-0.4, -0.2) is 41.1 Å². The zero-order valence-corrected chi connectivity index (χ0v) is 11.3. The summed E-state index contributed by atoms with van der Waals surface area (Å²) < 4.78 is 0. The second-order valence-corrected chi connectivity index (χ2v) is 5.08. The quantitative estimate of drug-likeness (QED) is 0.809. The number of hydrogen-bond donors (Lipinski definition) is 2. The van der Waals surface area contributed by atoms with Crippen LogP contribution in [-0.2, 0) is 4.79 Å². The Morgan fingerprint density at radius 1 is 1.39 bits per heavy atom. The number of hydrogen-bond acceptors (Lipinski definition) is 2. The van der Waals surface area contributed by atoms with Gasteiger partial charge in [0.25, 0.3) is 0 Å². The first-order valence-electron chi connectivity index (χ1n) is 6.82. The molecule has 0 bridgehead atoms. The summed E-state index contributed by atoms with van der Waals surface area (Å²) in [5.41, 5.74) is 0. The Bertz CT molecular complexity index is 294. The van der Waals surface area contributed by atoms with Crippen LogP contribution in [0.15, 0.2) is 0 Å². The molecule has 2 atom stereocenters. The fraction of sp³-hybridized carbons (Fsp3) is 0.846. The molecule has 0 aliphatic carbocycles. The SMILES string of the molecule is CCCC1CCCN(C(=O)N[C@@H](C)C(=O)O)CC1. The molecule has 1 aliphatic heterocycles. The number of rotatable bonds is 4. The molecule has 5 nitrogen and oxygen atoms in total. The van der Waals surface area contributed by atoms with Gasteiger partial charge in [-0.3, -0.25) is 4.79 Å². The van der Waals surface area contributed by atoms with E-state index in [2.05, 4.69) is 12.2 Å². The van der Waals surface area contributed by atoms with Gasteiger partial charge in [0.05, 0.1) is 0 Å². The third-order valence-electron chi connectivity index (χ3n) is 3.54. The molecule has 1 rings (SSSR count). The van der Waals surface area contributed by atoms with Gasteiger partial charge in [0.1, 0.15) is 6.04 Å². The van der Waals surface area contributed by atoms with Crippen molar-refractivity contribution in [2.45, 2.75) is 52.0 Å². The van der Waals surface area contributed by atoms with Gasteiger partial charge in [-0.15, -0.1) is 0 Å². The van der Waals surface area contributed by atoms with Gasteiger partial charge in [-0.2, -0.15) is 0 Å². The summed E-state index contributed by atoms with van der Waals surface area (Å²) >= 11 is 0. The Morgan fingerprint density at radius 3 is 2.72 bits per heavy atom. The summed E-state index contributed by atoms with van der Waals surface area (Å²) in [6.45, 7) is 5.14. The molecule has 2 amide bonds. The zero-order chi connectivity index (χ0) is 13.5. The highest BCUT2D eigenvalue weighted by atomic mass is 16.4. The summed E-state index contributed by atoms with van der Waals surface area (Å²) in [6, 6.07) is -1.07. The fourth-order valence-corrected chi connectivity index (χ4v) is 2.40. The molecule has 0 aromatic heterocycles. The van der Waals surface area contributed by atoms with Crippen molar-refractivity contribution in [2.24, 2.45) is 5.92 Å². The number of carbonyl (C=O) groups excluding carboxylic acids is 1. The number of amides is 2. The lowest BCUT2D eigenvalue weighted by Crippen LogP contribution is -2.47. The lowest BCUT2D eigenvalue weighted by molar-refractivity contribution is -0.138. The normalized spacial score (nSPS) is 22.1. The predicted molar refractivity (Wildman–Crippen MR) is 69.5 cm³/mol. The molecule has 0 aromatic rings. The molecule has 0 saturated carbocycles. The van der Waals surface area contributed by atoms with E-state index in [1.807, 2.05) is 0 Å². The van der Waals surface area contributed by atoms with Crippen LogP contribution in [0.3, 0.4) is 0 Å². The Morgan fingerprint density at radius 2 is 2.11 bits per heavy atom. The van der Waals surface area contributed by atoms with Crippen LogP contribution in [0.4, 0.5) is 4.79 Å². The summed E-state index contributed by atoms with van der Waals surface area (Å²) in [7, 11) is 0. The van der Waals surface area contributed by atoms with Crippen LogP contribution in [0.2, 0.25) is 0 Å². The Labute approximate surface area is 109 Å². The third-order valence-corrected chi connectivity index (χ3v) is 3.54. The number of carboxylic acids is 1. The minimum absolute atomic E-state index is 0.248. The molecule has 5 heteroatoms. The van der Waals surface area contributed by atoms with E-state index in [1.54, 1.807) is 4.90 Å². The first kappa shape index (κ1) is 14.8. The maximum absolute atomic E-state index is 11.9. The molecular formula is C13H24N2O3. The largest absolute Gasteiger partial charge is 0.480 e. The van der Waals surface area contributed by atoms with Crippen molar-refractivity contribution in [3.05, 3.63) is 0 Å². The predicted octanol–water partition coefficient (Wildman–Crippen LogP) is 2.07. The van der Waals surface area contributed by atoms with E-state index in [9.17, 15) is 9.59 Å². The zero-order valence-electron chi connectivity index (χ0n) is 11.3. The number of carboxylic acid groups (broad SMARTS) is 1. The summed E-state index contributed by atoms with van der Waals surface area (Å²) in [6.07, 6.45) is 5.63. The van der Waals surface area contributed by atoms with Gasteiger partial charge in [-0.25, -0.2) is 4.79 Å². The van der Waals surface area contributed by atoms with E-state index < -0.39 is 12.0 Å². The van der Waals surface area contributed by atoms with Gasteiger partial charge in [0.2, 0.25) is 0 Å². The van der Waals surface area contributed by atoms with Crippen molar-refractivity contribution in [2.75, 3.05) is 13.1 Å². The topological polar surface area (TPSA) is 69.6 Å². The monoisotopic (exact) mass is 256 g/mol. The lowest BCUT2D eigenvalue weighted by atomic mass is 9.96. The van der Waals surface area contributed by atoms with Gasteiger partial charge < -0.3 is 15.3 Å². The van der Waals surface area contributed by atoms with Crippen molar-refractivity contribution in [1.29, 1.82) is 0 Å². The highest BCUT2D eigenvalue weighted by Crippen LogP contribution is 2.21. The standard InChI is InChI=1S/C13H24N2O3/c1-3-5-11-6-4-8-15(9-7-11)13(18)14-10(2)12(16)17/h10-11H,3-9H2,1-2H3,(H,14,18)(H,16,17)/t10-,11?/m0/s1. The molecule has 0 radical (unpaired) electrons. The Kier molecular flexibility index (Phi) is 5.95. The fourth-order valence-electron chi connectivity index (χ4n) is 2.40. The van der Waals surface area contributed by atoms with Crippen molar-refractivity contribution >= 4 is 12.0 Å². The minimum atomic E-state index is -0.998. The molecule has 1 fully saturated rings. The average molecular weight is 256 g/mol. The summed E-state index contributed by atoms with van der Waals surface area (Å²) in [5.74, 6) is -0.285. The van der Waals surface area contributed by atoms with Crippen molar-refractivity contribution in [3.63, 3.8) is 0 Å². The smallest absolute Gasteiger partial charge is 0.325 e. The molecule has 1 aliphatic rings. The second kappa shape index (κ2) is 7.24. The van der Waals surface area contributed by atoms with E-state index in [4.69, 9.17) is 5.11 Å². The number of likely N-dealkylation sites (tertiary alicyclic amines) is 1. The van der Waals surface area contributed by atoms with Gasteiger partial charge in [0, 0.05) is 13.1 Å². The van der Waals surface area contributed by atoms with Crippen LogP contribution >= 0.6 is 0 Å². The number of urea groups is 1. The van der Waals surface area contributed by atoms with E-state index in [0.29, 0.717) is 5.92 Å². The molecular weight excluding hydrogens is 232 g/mol. The van der Waals surface area contributed by atoms with Crippen LogP contribution < -0.4 is 5.32 Å². The van der Waals surface area contributed by atoms with Crippen LogP contribution in [0.5, 0.6) is 0 Å². The number of carbonyl (C=O) groups is 2. The lowest BCUT2D eigenvalue weighted by Gasteiger charge is -2.22. The average Bonchev–Trinajstić information content (AvgIpc) is 2.55. The van der Waals surface area contributed by atoms with Gasteiger partial charge in [-0.1, -0.05) is 19.8 Å². The van der Waals surface area contributed by atoms with Gasteiger partial charge >= 0.3 is 12.0 Å². The molecule has 18 heavy (non-hydrogen) atoms. The van der Waals surface area contributed by atoms with Crippen molar-refractivity contribution in [3.8, 4) is 0 Å². The van der Waals surface area contributed by atoms with E-state index in [-0.39, 0.29) is 6.03 Å². The van der Waals surface area contributed by atoms with Gasteiger partial charge in [0.15, 0.2) is 0 Å². The molecule has 1 heterocycles. The third kappa shape index (κ3) is 4.55. The summed E-state index contributed by atoms with van der Waals surface area (Å²) in [5, 5.41) is 11.3. The highest BCUT2D eigenvalue weighted by Gasteiger charge is 2.22. The van der Waals surface area contributed by atoms with E-state index in [1.165, 1.54) is 26.2 Å². The van der Waals surface area contributed by atoms with Crippen LogP contribution in [0.1, 0.15) is 46.0 Å². The van der Waals surface area contributed by atoms with Gasteiger partial charge in [-0.05, 0) is 32.1 Å². The maximum Gasteiger partial charge on any atom is 0.325 e. The molecule has 1 saturated heterocycles. The van der Waals surface area contributed by atoms with Crippen molar-refractivity contribution < 1.29 is 14.7 Å².